The molecule has 0 bridgehead atoms. The third-order valence-electron chi connectivity index (χ3n) is 4.23. The number of hydrogen-bond acceptors (Lipinski definition) is 4. The van der Waals surface area contributed by atoms with E-state index >= 15 is 0 Å². The summed E-state index contributed by atoms with van der Waals surface area (Å²) in [6.07, 6.45) is 2.10. The summed E-state index contributed by atoms with van der Waals surface area (Å²) >= 11 is 0. The SMILES string of the molecule is CC(O)(CC(=O)NCCCCN1CCOCC1)c1ccccc1. The molecule has 0 saturated carbocycles. The topological polar surface area (TPSA) is 61.8 Å². The lowest BCUT2D eigenvalue weighted by Gasteiger charge is -2.26. The maximum atomic E-state index is 12.0. The highest BCUT2D eigenvalue weighted by Gasteiger charge is 2.26. The second-order valence-electron chi connectivity index (χ2n) is 6.33. The molecule has 23 heavy (non-hydrogen) atoms. The van der Waals surface area contributed by atoms with Crippen LogP contribution >= 0.6 is 0 Å². The minimum Gasteiger partial charge on any atom is -0.385 e. The van der Waals surface area contributed by atoms with Gasteiger partial charge in [0.25, 0.3) is 0 Å². The van der Waals surface area contributed by atoms with E-state index in [1.54, 1.807) is 6.92 Å². The van der Waals surface area contributed by atoms with Crippen molar-refractivity contribution in [1.82, 2.24) is 10.2 Å². The number of hydrogen-bond donors (Lipinski definition) is 2. The van der Waals surface area contributed by atoms with E-state index in [0.717, 1.165) is 51.3 Å². The van der Waals surface area contributed by atoms with Crippen molar-refractivity contribution < 1.29 is 14.6 Å². The number of rotatable bonds is 8. The van der Waals surface area contributed by atoms with E-state index in [4.69, 9.17) is 4.74 Å². The summed E-state index contributed by atoms with van der Waals surface area (Å²) in [5, 5.41) is 13.4. The Labute approximate surface area is 138 Å². The summed E-state index contributed by atoms with van der Waals surface area (Å²) in [5.41, 5.74) is -0.360. The van der Waals surface area contributed by atoms with E-state index in [0.29, 0.717) is 6.54 Å². The van der Waals surface area contributed by atoms with Gasteiger partial charge in [-0.2, -0.15) is 0 Å². The van der Waals surface area contributed by atoms with Crippen LogP contribution < -0.4 is 5.32 Å². The van der Waals surface area contributed by atoms with Crippen LogP contribution in [-0.4, -0.2) is 55.3 Å². The molecule has 1 aliphatic rings. The fourth-order valence-electron chi connectivity index (χ4n) is 2.79. The van der Waals surface area contributed by atoms with E-state index in [-0.39, 0.29) is 12.3 Å². The zero-order valence-corrected chi connectivity index (χ0v) is 14.0. The van der Waals surface area contributed by atoms with Crippen LogP contribution in [0, 0.1) is 0 Å². The van der Waals surface area contributed by atoms with Gasteiger partial charge in [-0.3, -0.25) is 9.69 Å². The number of morpholine rings is 1. The third-order valence-corrected chi connectivity index (χ3v) is 4.23. The van der Waals surface area contributed by atoms with E-state index in [2.05, 4.69) is 10.2 Å². The largest absolute Gasteiger partial charge is 0.385 e. The van der Waals surface area contributed by atoms with Crippen LogP contribution in [-0.2, 0) is 15.1 Å². The van der Waals surface area contributed by atoms with Crippen LogP contribution in [0.1, 0.15) is 31.7 Å². The molecule has 5 nitrogen and oxygen atoms in total. The molecule has 0 spiro atoms. The summed E-state index contributed by atoms with van der Waals surface area (Å²) in [7, 11) is 0. The van der Waals surface area contributed by atoms with Gasteiger partial charge in [-0.25, -0.2) is 0 Å². The van der Waals surface area contributed by atoms with Crippen molar-refractivity contribution in [3.63, 3.8) is 0 Å². The highest BCUT2D eigenvalue weighted by Crippen LogP contribution is 2.23. The number of ether oxygens (including phenoxy) is 1. The Balaban J connectivity index is 1.61. The number of benzene rings is 1. The second-order valence-corrected chi connectivity index (χ2v) is 6.33. The Morgan fingerprint density at radius 1 is 1.26 bits per heavy atom. The molecule has 0 aromatic heterocycles. The lowest BCUT2D eigenvalue weighted by molar-refractivity contribution is -0.125. The Hall–Kier alpha value is -1.43. The van der Waals surface area contributed by atoms with Crippen LogP contribution in [0.3, 0.4) is 0 Å². The van der Waals surface area contributed by atoms with Gasteiger partial charge in [0.05, 0.1) is 25.2 Å². The summed E-state index contributed by atoms with van der Waals surface area (Å²) in [6.45, 7) is 7.06. The van der Waals surface area contributed by atoms with Crippen molar-refractivity contribution in [1.29, 1.82) is 0 Å². The summed E-state index contributed by atoms with van der Waals surface area (Å²) in [6, 6.07) is 9.32. The van der Waals surface area contributed by atoms with Crippen LogP contribution in [0.5, 0.6) is 0 Å². The molecule has 2 rings (SSSR count). The molecule has 1 amide bonds. The van der Waals surface area contributed by atoms with Crippen LogP contribution in [0.2, 0.25) is 0 Å². The molecule has 1 saturated heterocycles. The summed E-state index contributed by atoms with van der Waals surface area (Å²) in [5.74, 6) is -0.106. The first-order chi connectivity index (χ1) is 11.1. The quantitative estimate of drug-likeness (QED) is 0.713. The first-order valence-corrected chi connectivity index (χ1v) is 8.43. The molecule has 1 heterocycles. The van der Waals surface area contributed by atoms with Crippen molar-refractivity contribution >= 4 is 5.91 Å². The minimum atomic E-state index is -1.13. The average Bonchev–Trinajstić information content (AvgIpc) is 2.56. The van der Waals surface area contributed by atoms with Gasteiger partial charge in [0.15, 0.2) is 0 Å². The maximum Gasteiger partial charge on any atom is 0.223 e. The molecule has 1 fully saturated rings. The lowest BCUT2D eigenvalue weighted by atomic mass is 9.92. The summed E-state index contributed by atoms with van der Waals surface area (Å²) in [4.78, 5) is 14.4. The molecule has 1 aromatic rings. The number of unbranched alkanes of at least 4 members (excludes halogenated alkanes) is 1. The normalized spacial score (nSPS) is 18.3. The molecular formula is C18H28N2O3. The fraction of sp³-hybridized carbons (Fsp3) is 0.611. The molecule has 0 radical (unpaired) electrons. The monoisotopic (exact) mass is 320 g/mol. The number of carbonyl (C=O) groups excluding carboxylic acids is 1. The Morgan fingerprint density at radius 3 is 2.65 bits per heavy atom. The number of aliphatic hydroxyl groups is 1. The average molecular weight is 320 g/mol. The molecule has 1 atom stereocenters. The number of amides is 1. The Morgan fingerprint density at radius 2 is 1.96 bits per heavy atom. The van der Waals surface area contributed by atoms with Crippen LogP contribution in [0.25, 0.3) is 0 Å². The maximum absolute atomic E-state index is 12.0. The fourth-order valence-corrected chi connectivity index (χ4v) is 2.79. The van der Waals surface area contributed by atoms with E-state index in [9.17, 15) is 9.90 Å². The number of carbonyl (C=O) groups is 1. The predicted octanol–water partition coefficient (Wildman–Crippen LogP) is 1.51. The zero-order chi connectivity index (χ0) is 16.5. The smallest absolute Gasteiger partial charge is 0.223 e. The van der Waals surface area contributed by atoms with Gasteiger partial charge in [-0.15, -0.1) is 0 Å². The van der Waals surface area contributed by atoms with Gasteiger partial charge in [-0.1, -0.05) is 30.3 Å². The molecule has 128 valence electrons. The standard InChI is InChI=1S/C18H28N2O3/c1-18(22,16-7-3-2-4-8-16)15-17(21)19-9-5-6-10-20-11-13-23-14-12-20/h2-4,7-8,22H,5-6,9-15H2,1H3,(H,19,21). The minimum absolute atomic E-state index is 0.0838. The van der Waals surface area contributed by atoms with Crippen molar-refractivity contribution in [3.05, 3.63) is 35.9 Å². The lowest BCUT2D eigenvalue weighted by Crippen LogP contribution is -2.37. The van der Waals surface area contributed by atoms with Gasteiger partial charge in [0.1, 0.15) is 0 Å². The molecule has 1 unspecified atom stereocenters. The van der Waals surface area contributed by atoms with Gasteiger partial charge in [0, 0.05) is 19.6 Å². The Kier molecular flexibility index (Phi) is 7.02. The third kappa shape index (κ3) is 6.29. The molecular weight excluding hydrogens is 292 g/mol. The highest BCUT2D eigenvalue weighted by molar-refractivity contribution is 5.77. The van der Waals surface area contributed by atoms with Crippen molar-refractivity contribution in [3.8, 4) is 0 Å². The van der Waals surface area contributed by atoms with Crippen LogP contribution in [0.4, 0.5) is 0 Å². The van der Waals surface area contributed by atoms with Gasteiger partial charge >= 0.3 is 0 Å². The van der Waals surface area contributed by atoms with E-state index < -0.39 is 5.60 Å². The summed E-state index contributed by atoms with van der Waals surface area (Å²) < 4.78 is 5.32. The molecule has 2 N–H and O–H groups in total. The van der Waals surface area contributed by atoms with Crippen molar-refractivity contribution in [2.45, 2.75) is 31.8 Å². The van der Waals surface area contributed by atoms with Crippen LogP contribution in [0.15, 0.2) is 30.3 Å². The van der Waals surface area contributed by atoms with E-state index in [1.165, 1.54) is 0 Å². The van der Waals surface area contributed by atoms with Gasteiger partial charge in [0.2, 0.25) is 5.91 Å². The first kappa shape index (κ1) is 17.9. The molecule has 0 aliphatic carbocycles. The molecule has 1 aromatic carbocycles. The van der Waals surface area contributed by atoms with Crippen molar-refractivity contribution in [2.24, 2.45) is 0 Å². The first-order valence-electron chi connectivity index (χ1n) is 8.43. The van der Waals surface area contributed by atoms with Gasteiger partial charge < -0.3 is 15.2 Å². The molecule has 5 heteroatoms. The van der Waals surface area contributed by atoms with E-state index in [1.807, 2.05) is 30.3 Å². The number of nitrogens with one attached hydrogen (secondary N) is 1. The molecule has 1 aliphatic heterocycles. The zero-order valence-electron chi connectivity index (χ0n) is 14.0. The van der Waals surface area contributed by atoms with Crippen molar-refractivity contribution in [2.75, 3.05) is 39.4 Å². The Bertz CT molecular complexity index is 470. The van der Waals surface area contributed by atoms with Gasteiger partial charge in [-0.05, 0) is 31.9 Å². The highest BCUT2D eigenvalue weighted by atomic mass is 16.5. The number of nitrogens with zero attached hydrogens (tertiary/aromatic N) is 1. The predicted molar refractivity (Wildman–Crippen MR) is 90.1 cm³/mol. The second kappa shape index (κ2) is 9.01.